The molecule has 0 fully saturated rings. The average molecular weight is 278 g/mol. The molecule has 0 unspecified atom stereocenters. The summed E-state index contributed by atoms with van der Waals surface area (Å²) in [5, 5.41) is 0.926. The van der Waals surface area contributed by atoms with Crippen LogP contribution in [-0.2, 0) is 18.4 Å². The molecule has 0 atom stereocenters. The standard InChI is InChI=1S/C15H19FN2S/c1-15(2,3)14-12(9-17)19-13(18-14)8-10-6-4-5-7-11(10)16/h4-7H,8-9,17H2,1-3H3. The van der Waals surface area contributed by atoms with Gasteiger partial charge in [0.1, 0.15) is 5.82 Å². The van der Waals surface area contributed by atoms with Crippen LogP contribution >= 0.6 is 11.3 Å². The number of rotatable bonds is 3. The molecule has 0 saturated carbocycles. The number of aromatic nitrogens is 1. The second kappa shape index (κ2) is 5.39. The van der Waals surface area contributed by atoms with Gasteiger partial charge in [0, 0.05) is 23.3 Å². The lowest BCUT2D eigenvalue weighted by molar-refractivity contribution is 0.564. The number of benzene rings is 1. The van der Waals surface area contributed by atoms with Crippen molar-refractivity contribution in [2.75, 3.05) is 0 Å². The summed E-state index contributed by atoms with van der Waals surface area (Å²) in [6, 6.07) is 6.83. The number of halogens is 1. The van der Waals surface area contributed by atoms with E-state index in [9.17, 15) is 4.39 Å². The summed E-state index contributed by atoms with van der Waals surface area (Å²) in [5.74, 6) is -0.177. The molecule has 0 aliphatic rings. The number of hydrogen-bond donors (Lipinski definition) is 1. The Morgan fingerprint density at radius 3 is 2.47 bits per heavy atom. The first kappa shape index (κ1) is 14.2. The van der Waals surface area contributed by atoms with E-state index < -0.39 is 0 Å². The maximum Gasteiger partial charge on any atom is 0.126 e. The van der Waals surface area contributed by atoms with Gasteiger partial charge in [0.2, 0.25) is 0 Å². The van der Waals surface area contributed by atoms with E-state index in [4.69, 9.17) is 5.73 Å². The maximum atomic E-state index is 13.7. The Morgan fingerprint density at radius 2 is 1.95 bits per heavy atom. The first-order chi connectivity index (χ1) is 8.91. The summed E-state index contributed by atoms with van der Waals surface area (Å²) < 4.78 is 13.7. The molecule has 2 rings (SSSR count). The minimum Gasteiger partial charge on any atom is -0.326 e. The van der Waals surface area contributed by atoms with Crippen molar-refractivity contribution >= 4 is 11.3 Å². The third-order valence-corrected chi connectivity index (χ3v) is 4.01. The van der Waals surface area contributed by atoms with Crippen LogP contribution < -0.4 is 5.73 Å². The summed E-state index contributed by atoms with van der Waals surface area (Å²) in [6.45, 7) is 6.85. The Labute approximate surface area is 117 Å². The Hall–Kier alpha value is -1.26. The molecule has 2 aromatic rings. The zero-order valence-electron chi connectivity index (χ0n) is 11.5. The number of thiazole rings is 1. The van der Waals surface area contributed by atoms with E-state index in [2.05, 4.69) is 25.8 Å². The smallest absolute Gasteiger partial charge is 0.126 e. The fourth-order valence-corrected chi connectivity index (χ4v) is 3.19. The van der Waals surface area contributed by atoms with Gasteiger partial charge >= 0.3 is 0 Å². The van der Waals surface area contributed by atoms with E-state index in [1.165, 1.54) is 6.07 Å². The third-order valence-electron chi connectivity index (χ3n) is 2.94. The van der Waals surface area contributed by atoms with Gasteiger partial charge in [-0.25, -0.2) is 9.37 Å². The second-order valence-corrected chi connectivity index (χ2v) is 6.77. The fourth-order valence-electron chi connectivity index (χ4n) is 2.01. The van der Waals surface area contributed by atoms with Gasteiger partial charge in [0.15, 0.2) is 0 Å². The number of nitrogens with two attached hydrogens (primary N) is 1. The topological polar surface area (TPSA) is 38.9 Å². The summed E-state index contributed by atoms with van der Waals surface area (Å²) in [6.07, 6.45) is 0.528. The summed E-state index contributed by atoms with van der Waals surface area (Å²) in [5.41, 5.74) is 7.47. The van der Waals surface area contributed by atoms with Crippen molar-refractivity contribution in [3.05, 3.63) is 51.2 Å². The van der Waals surface area contributed by atoms with E-state index in [0.717, 1.165) is 15.6 Å². The molecule has 0 aliphatic heterocycles. The zero-order chi connectivity index (χ0) is 14.0. The molecule has 4 heteroatoms. The molecule has 1 aromatic carbocycles. The van der Waals surface area contributed by atoms with E-state index in [1.54, 1.807) is 23.5 Å². The normalized spacial score (nSPS) is 11.8. The van der Waals surface area contributed by atoms with Crippen LogP contribution in [0.25, 0.3) is 0 Å². The van der Waals surface area contributed by atoms with Crippen LogP contribution in [0.15, 0.2) is 24.3 Å². The molecular formula is C15H19FN2S. The van der Waals surface area contributed by atoms with Crippen LogP contribution in [0.5, 0.6) is 0 Å². The molecule has 0 bridgehead atoms. The monoisotopic (exact) mass is 278 g/mol. The van der Waals surface area contributed by atoms with Crippen molar-refractivity contribution in [3.8, 4) is 0 Å². The van der Waals surface area contributed by atoms with Gasteiger partial charge in [-0.2, -0.15) is 0 Å². The van der Waals surface area contributed by atoms with Gasteiger partial charge < -0.3 is 5.73 Å². The van der Waals surface area contributed by atoms with Gasteiger partial charge in [0.05, 0.1) is 10.7 Å². The van der Waals surface area contributed by atoms with Crippen LogP contribution in [0, 0.1) is 5.82 Å². The maximum absolute atomic E-state index is 13.7. The van der Waals surface area contributed by atoms with Gasteiger partial charge in [0.25, 0.3) is 0 Å². The Kier molecular flexibility index (Phi) is 4.02. The molecule has 2 nitrogen and oxygen atoms in total. The van der Waals surface area contributed by atoms with E-state index in [0.29, 0.717) is 18.5 Å². The highest BCUT2D eigenvalue weighted by atomic mass is 32.1. The SMILES string of the molecule is CC(C)(C)c1nc(Cc2ccccc2F)sc1CN. The lowest BCUT2D eigenvalue weighted by Crippen LogP contribution is -2.15. The van der Waals surface area contributed by atoms with Crippen LogP contribution in [0.1, 0.15) is 41.9 Å². The number of nitrogens with zero attached hydrogens (tertiary/aromatic N) is 1. The fraction of sp³-hybridized carbons (Fsp3) is 0.400. The first-order valence-corrected chi connectivity index (χ1v) is 7.16. The predicted octanol–water partition coefficient (Wildman–Crippen LogP) is 3.63. The number of hydrogen-bond acceptors (Lipinski definition) is 3. The van der Waals surface area contributed by atoms with Crippen molar-refractivity contribution in [1.82, 2.24) is 4.98 Å². The van der Waals surface area contributed by atoms with Gasteiger partial charge in [-0.15, -0.1) is 11.3 Å². The lowest BCUT2D eigenvalue weighted by Gasteiger charge is -2.16. The van der Waals surface area contributed by atoms with Crippen molar-refractivity contribution in [2.24, 2.45) is 5.73 Å². The van der Waals surface area contributed by atoms with Crippen molar-refractivity contribution in [1.29, 1.82) is 0 Å². The minimum absolute atomic E-state index is 0.0291. The Balaban J connectivity index is 2.32. The van der Waals surface area contributed by atoms with Gasteiger partial charge in [-0.05, 0) is 11.6 Å². The highest BCUT2D eigenvalue weighted by Crippen LogP contribution is 2.30. The molecule has 0 spiro atoms. The molecule has 1 aromatic heterocycles. The minimum atomic E-state index is -0.177. The molecule has 0 radical (unpaired) electrons. The Morgan fingerprint density at radius 1 is 1.26 bits per heavy atom. The highest BCUT2D eigenvalue weighted by molar-refractivity contribution is 7.11. The molecule has 1 heterocycles. The Bertz CT molecular complexity index is 570. The van der Waals surface area contributed by atoms with Crippen LogP contribution in [0.4, 0.5) is 4.39 Å². The van der Waals surface area contributed by atoms with Gasteiger partial charge in [-0.3, -0.25) is 0 Å². The summed E-state index contributed by atoms with van der Waals surface area (Å²) >= 11 is 1.59. The average Bonchev–Trinajstić information content (AvgIpc) is 2.75. The van der Waals surface area contributed by atoms with Crippen LogP contribution in [0.2, 0.25) is 0 Å². The molecule has 0 aliphatic carbocycles. The second-order valence-electron chi connectivity index (χ2n) is 5.60. The van der Waals surface area contributed by atoms with Crippen LogP contribution in [0.3, 0.4) is 0 Å². The molecule has 0 saturated heterocycles. The quantitative estimate of drug-likeness (QED) is 0.931. The van der Waals surface area contributed by atoms with E-state index in [-0.39, 0.29) is 11.2 Å². The van der Waals surface area contributed by atoms with E-state index in [1.807, 2.05) is 6.07 Å². The van der Waals surface area contributed by atoms with Crippen molar-refractivity contribution < 1.29 is 4.39 Å². The largest absolute Gasteiger partial charge is 0.326 e. The third kappa shape index (κ3) is 3.19. The van der Waals surface area contributed by atoms with Crippen molar-refractivity contribution in [3.63, 3.8) is 0 Å². The molecule has 102 valence electrons. The van der Waals surface area contributed by atoms with E-state index >= 15 is 0 Å². The van der Waals surface area contributed by atoms with Crippen molar-refractivity contribution in [2.45, 2.75) is 39.2 Å². The summed E-state index contributed by atoms with van der Waals surface area (Å²) in [4.78, 5) is 5.76. The van der Waals surface area contributed by atoms with Gasteiger partial charge in [-0.1, -0.05) is 39.0 Å². The molecular weight excluding hydrogens is 259 g/mol. The first-order valence-electron chi connectivity index (χ1n) is 6.34. The highest BCUT2D eigenvalue weighted by Gasteiger charge is 2.22. The van der Waals surface area contributed by atoms with Crippen LogP contribution in [-0.4, -0.2) is 4.98 Å². The molecule has 19 heavy (non-hydrogen) atoms. The lowest BCUT2D eigenvalue weighted by atomic mass is 9.91. The predicted molar refractivity (Wildman–Crippen MR) is 77.9 cm³/mol. The zero-order valence-corrected chi connectivity index (χ0v) is 12.4. The summed E-state index contributed by atoms with van der Waals surface area (Å²) in [7, 11) is 0. The molecule has 0 amide bonds. The molecule has 2 N–H and O–H groups in total.